The number of aliphatic hydroxyl groups is 1. The van der Waals surface area contributed by atoms with Crippen LogP contribution in [0.3, 0.4) is 0 Å². The van der Waals surface area contributed by atoms with Crippen LogP contribution in [0.15, 0.2) is 0 Å². The van der Waals surface area contributed by atoms with E-state index in [1.54, 1.807) is 0 Å². The minimum Gasteiger partial charge on any atom is -0.386 e. The minimum atomic E-state index is -1.42. The van der Waals surface area contributed by atoms with Crippen LogP contribution in [0, 0.1) is 0 Å². The van der Waals surface area contributed by atoms with Crippen LogP contribution in [0.5, 0.6) is 0 Å². The summed E-state index contributed by atoms with van der Waals surface area (Å²) < 4.78 is 0. The smallest absolute Gasteiger partial charge is 0.372 e. The third-order valence-corrected chi connectivity index (χ3v) is 0.660. The summed E-state index contributed by atoms with van der Waals surface area (Å²) >= 11 is 0. The van der Waals surface area contributed by atoms with Gasteiger partial charge in [-0.1, -0.05) is 0 Å². The molecule has 7 nitrogen and oxygen atoms in total. The van der Waals surface area contributed by atoms with E-state index in [0.717, 1.165) is 5.48 Å². The number of aliphatic hydroxyl groups excluding tert-OH is 1. The molecule has 0 radical (unpaired) electrons. The van der Waals surface area contributed by atoms with E-state index in [-0.39, 0.29) is 0 Å². The van der Waals surface area contributed by atoms with Gasteiger partial charge in [0.05, 0.1) is 0 Å². The van der Waals surface area contributed by atoms with E-state index in [4.69, 9.17) is 15.5 Å². The number of hydrogen-bond acceptors (Lipinski definition) is 5. The van der Waals surface area contributed by atoms with Gasteiger partial charge in [-0.2, -0.15) is 0 Å². The van der Waals surface area contributed by atoms with Gasteiger partial charge in [-0.15, -0.1) is 5.06 Å². The zero-order chi connectivity index (χ0) is 8.15. The van der Waals surface area contributed by atoms with Gasteiger partial charge in [-0.25, -0.2) is 10.3 Å². The average Bonchev–Trinajstić information content (AvgIpc) is 2.00. The van der Waals surface area contributed by atoms with Crippen molar-refractivity contribution in [2.75, 3.05) is 6.61 Å². The molecule has 0 fully saturated rings. The van der Waals surface area contributed by atoms with E-state index in [2.05, 4.69) is 0 Å². The van der Waals surface area contributed by atoms with Crippen LogP contribution in [0.4, 0.5) is 4.79 Å². The molecule has 0 heterocycles. The predicted octanol–water partition coefficient (Wildman–Crippen LogP) is -1.70. The van der Waals surface area contributed by atoms with E-state index in [1.165, 1.54) is 0 Å². The summed E-state index contributed by atoms with van der Waals surface area (Å²) in [4.78, 5) is 20.3. The highest BCUT2D eigenvalue weighted by Crippen LogP contribution is 1.82. The SMILES string of the molecule is O=C(CO)N(O)C(=O)NO. The Hall–Kier alpha value is -1.18. The fourth-order valence-corrected chi connectivity index (χ4v) is 0.228. The number of amides is 3. The second-order valence-corrected chi connectivity index (χ2v) is 1.28. The molecule has 4 N–H and O–H groups in total. The quantitative estimate of drug-likeness (QED) is 0.263. The molecule has 0 unspecified atom stereocenters. The topological polar surface area (TPSA) is 110 Å². The number of imide groups is 1. The molecule has 0 atom stereocenters. The van der Waals surface area contributed by atoms with Crippen LogP contribution in [0.25, 0.3) is 0 Å². The van der Waals surface area contributed by atoms with Crippen molar-refractivity contribution < 1.29 is 25.1 Å². The van der Waals surface area contributed by atoms with Gasteiger partial charge in [0.25, 0.3) is 5.91 Å². The molecule has 0 aromatic carbocycles. The number of nitrogens with zero attached hydrogens (tertiary/aromatic N) is 1. The van der Waals surface area contributed by atoms with Crippen LogP contribution in [0.1, 0.15) is 0 Å². The first-order valence-corrected chi connectivity index (χ1v) is 2.20. The van der Waals surface area contributed by atoms with Crippen LogP contribution < -0.4 is 5.48 Å². The summed E-state index contributed by atoms with van der Waals surface area (Å²) in [5.74, 6) is -1.23. The van der Waals surface area contributed by atoms with Gasteiger partial charge in [0, 0.05) is 0 Å². The van der Waals surface area contributed by atoms with Gasteiger partial charge in [-0.05, 0) is 0 Å². The Kier molecular flexibility index (Phi) is 3.33. The first-order valence-electron chi connectivity index (χ1n) is 2.20. The van der Waals surface area contributed by atoms with Crippen molar-refractivity contribution in [3.8, 4) is 0 Å². The first-order chi connectivity index (χ1) is 4.63. The third-order valence-electron chi connectivity index (χ3n) is 0.660. The molecule has 0 aromatic rings. The Morgan fingerprint density at radius 1 is 1.50 bits per heavy atom. The molecule has 7 heteroatoms. The Balaban J connectivity index is 3.94. The fraction of sp³-hybridized carbons (Fsp3) is 0.333. The largest absolute Gasteiger partial charge is 0.386 e. The van der Waals surface area contributed by atoms with E-state index >= 15 is 0 Å². The Morgan fingerprint density at radius 3 is 2.30 bits per heavy atom. The number of carbonyl (C=O) groups is 2. The molecule has 0 saturated heterocycles. The zero-order valence-corrected chi connectivity index (χ0v) is 4.81. The molecule has 0 saturated carbocycles. The molecule has 0 aromatic heterocycles. The van der Waals surface area contributed by atoms with Gasteiger partial charge >= 0.3 is 6.03 Å². The molecule has 0 aliphatic rings. The lowest BCUT2D eigenvalue weighted by Gasteiger charge is -2.08. The van der Waals surface area contributed by atoms with Crippen molar-refractivity contribution in [3.05, 3.63) is 0 Å². The monoisotopic (exact) mass is 150 g/mol. The third kappa shape index (κ3) is 1.97. The minimum absolute atomic E-state index is 0.444. The maximum Gasteiger partial charge on any atom is 0.372 e. The predicted molar refractivity (Wildman–Crippen MR) is 26.0 cm³/mol. The molecule has 58 valence electrons. The highest BCUT2D eigenvalue weighted by atomic mass is 16.6. The number of hydroxylamine groups is 3. The summed E-state index contributed by atoms with van der Waals surface area (Å²) in [7, 11) is 0. The molecule has 3 amide bonds. The van der Waals surface area contributed by atoms with Gasteiger partial charge in [0.2, 0.25) is 0 Å². The van der Waals surface area contributed by atoms with E-state index < -0.39 is 23.6 Å². The second-order valence-electron chi connectivity index (χ2n) is 1.28. The molecular weight excluding hydrogens is 144 g/mol. The zero-order valence-electron chi connectivity index (χ0n) is 4.81. The maximum atomic E-state index is 10.2. The summed E-state index contributed by atoms with van der Waals surface area (Å²) in [5, 5.41) is 23.7. The van der Waals surface area contributed by atoms with Crippen molar-refractivity contribution in [1.29, 1.82) is 0 Å². The first kappa shape index (κ1) is 8.82. The molecule has 10 heavy (non-hydrogen) atoms. The molecule has 0 spiro atoms. The lowest BCUT2D eigenvalue weighted by atomic mass is 10.6. The lowest BCUT2D eigenvalue weighted by Crippen LogP contribution is -2.41. The van der Waals surface area contributed by atoms with Crippen molar-refractivity contribution in [2.24, 2.45) is 0 Å². The van der Waals surface area contributed by atoms with Crippen LogP contribution in [-0.4, -0.2) is 39.1 Å². The number of urea groups is 1. The number of rotatable bonds is 1. The van der Waals surface area contributed by atoms with Gasteiger partial charge in [0.1, 0.15) is 6.61 Å². The van der Waals surface area contributed by atoms with Gasteiger partial charge in [-0.3, -0.25) is 15.2 Å². The van der Waals surface area contributed by atoms with Crippen LogP contribution in [0.2, 0.25) is 0 Å². The summed E-state index contributed by atoms with van der Waals surface area (Å²) in [5.41, 5.74) is 0.985. The Labute approximate surface area is 55.4 Å². The fourth-order valence-electron chi connectivity index (χ4n) is 0.228. The lowest BCUT2D eigenvalue weighted by molar-refractivity contribution is -0.157. The average molecular weight is 150 g/mol. The number of hydrogen-bond donors (Lipinski definition) is 4. The number of nitrogens with one attached hydrogen (secondary N) is 1. The summed E-state index contributed by atoms with van der Waals surface area (Å²) in [6, 6.07) is -1.42. The van der Waals surface area contributed by atoms with Crippen molar-refractivity contribution in [2.45, 2.75) is 0 Å². The number of carbonyl (C=O) groups excluding carboxylic acids is 2. The molecule has 0 bridgehead atoms. The van der Waals surface area contributed by atoms with Crippen molar-refractivity contribution >= 4 is 11.9 Å². The molecule has 0 aliphatic heterocycles. The van der Waals surface area contributed by atoms with Crippen molar-refractivity contribution in [3.63, 3.8) is 0 Å². The van der Waals surface area contributed by atoms with Crippen LogP contribution >= 0.6 is 0 Å². The summed E-state index contributed by atoms with van der Waals surface area (Å²) in [6.45, 7) is -1.01. The standard InChI is InChI=1S/C3H6N2O5/c6-1-2(7)5(10)3(8)4-9/h6,9-10H,1H2,(H,4,8). The van der Waals surface area contributed by atoms with Crippen molar-refractivity contribution in [1.82, 2.24) is 10.5 Å². The van der Waals surface area contributed by atoms with E-state index in [1.807, 2.05) is 0 Å². The normalized spacial score (nSPS) is 8.70. The Bertz CT molecular complexity index is 130. The molecule has 0 rings (SSSR count). The van der Waals surface area contributed by atoms with Gasteiger partial charge < -0.3 is 5.11 Å². The molecule has 0 aliphatic carbocycles. The highest BCUT2D eigenvalue weighted by molar-refractivity contribution is 5.92. The van der Waals surface area contributed by atoms with Gasteiger partial charge in [0.15, 0.2) is 0 Å². The molecular formula is C3H6N2O5. The Morgan fingerprint density at radius 2 is 2.00 bits per heavy atom. The van der Waals surface area contributed by atoms with E-state index in [9.17, 15) is 9.59 Å². The second kappa shape index (κ2) is 3.77. The van der Waals surface area contributed by atoms with E-state index in [0.29, 0.717) is 0 Å². The maximum absolute atomic E-state index is 10.2. The summed E-state index contributed by atoms with van der Waals surface area (Å²) in [6.07, 6.45) is 0. The van der Waals surface area contributed by atoms with Crippen LogP contribution in [-0.2, 0) is 4.79 Å². The highest BCUT2D eigenvalue weighted by Gasteiger charge is 2.16.